The lowest BCUT2D eigenvalue weighted by atomic mass is 9.91. The van der Waals surface area contributed by atoms with Crippen LogP contribution in [0.4, 0.5) is 0 Å². The van der Waals surface area contributed by atoms with Crippen LogP contribution in [-0.4, -0.2) is 30.9 Å². The zero-order chi connectivity index (χ0) is 17.3. The van der Waals surface area contributed by atoms with Gasteiger partial charge in [-0.05, 0) is 54.5 Å². The molecule has 1 N–H and O–H groups in total. The number of hydrogen-bond acceptors (Lipinski definition) is 2. The topological polar surface area (TPSA) is 32.3 Å². The highest BCUT2D eigenvalue weighted by atomic mass is 16.2. The molecule has 130 valence electrons. The van der Waals surface area contributed by atoms with Crippen LogP contribution in [0.2, 0.25) is 0 Å². The summed E-state index contributed by atoms with van der Waals surface area (Å²) in [5.41, 5.74) is 3.94. The van der Waals surface area contributed by atoms with Gasteiger partial charge in [0.2, 0.25) is 5.91 Å². The molecular formula is C22H26N2O. The van der Waals surface area contributed by atoms with Gasteiger partial charge < -0.3 is 10.2 Å². The molecule has 0 radical (unpaired) electrons. The summed E-state index contributed by atoms with van der Waals surface area (Å²) in [4.78, 5) is 14.9. The van der Waals surface area contributed by atoms with Gasteiger partial charge in [0.05, 0.1) is 0 Å². The predicted octanol–water partition coefficient (Wildman–Crippen LogP) is 3.70. The number of piperidine rings is 1. The number of benzene rings is 2. The lowest BCUT2D eigenvalue weighted by Gasteiger charge is -2.25. The third-order valence-corrected chi connectivity index (χ3v) is 5.97. The summed E-state index contributed by atoms with van der Waals surface area (Å²) >= 11 is 0. The van der Waals surface area contributed by atoms with E-state index in [9.17, 15) is 4.79 Å². The molecule has 1 amide bonds. The zero-order valence-electron chi connectivity index (χ0n) is 14.9. The van der Waals surface area contributed by atoms with E-state index in [-0.39, 0.29) is 5.92 Å². The van der Waals surface area contributed by atoms with E-state index in [0.717, 1.165) is 32.4 Å². The van der Waals surface area contributed by atoms with Crippen LogP contribution >= 0.6 is 0 Å². The average Bonchev–Trinajstić information content (AvgIpc) is 3.35. The Labute approximate surface area is 150 Å². The molecule has 2 aromatic rings. The third-order valence-electron chi connectivity index (χ3n) is 5.97. The summed E-state index contributed by atoms with van der Waals surface area (Å²) in [6, 6.07) is 18.8. The maximum Gasteiger partial charge on any atom is 0.226 e. The first-order chi connectivity index (χ1) is 12.2. The number of carbonyl (C=O) groups excluding carboxylic acids is 1. The molecule has 1 saturated heterocycles. The summed E-state index contributed by atoms with van der Waals surface area (Å²) in [7, 11) is 1.96. The Bertz CT molecular complexity index is 750. The van der Waals surface area contributed by atoms with E-state index in [1.54, 1.807) is 0 Å². The smallest absolute Gasteiger partial charge is 0.226 e. The number of nitrogens with one attached hydrogen (secondary N) is 1. The van der Waals surface area contributed by atoms with Crippen LogP contribution in [0.3, 0.4) is 0 Å². The highest BCUT2D eigenvalue weighted by Crippen LogP contribution is 2.59. The van der Waals surface area contributed by atoms with Crippen molar-refractivity contribution in [2.75, 3.05) is 20.1 Å². The molecule has 25 heavy (non-hydrogen) atoms. The van der Waals surface area contributed by atoms with Crippen molar-refractivity contribution in [3.05, 3.63) is 60.2 Å². The monoisotopic (exact) mass is 334 g/mol. The molecule has 1 aliphatic heterocycles. The molecular weight excluding hydrogens is 308 g/mol. The average molecular weight is 334 g/mol. The first kappa shape index (κ1) is 16.3. The molecule has 1 atom stereocenters. The Morgan fingerprint density at radius 2 is 1.76 bits per heavy atom. The first-order valence-electron chi connectivity index (χ1n) is 9.29. The SMILES string of the molecule is CN(Cc1ccccc1-c1ccccc1)C(=O)C1CC12CCNCC2. The number of carbonyl (C=O) groups is 1. The van der Waals surface area contributed by atoms with Crippen molar-refractivity contribution in [2.45, 2.75) is 25.8 Å². The Morgan fingerprint density at radius 3 is 2.52 bits per heavy atom. The summed E-state index contributed by atoms with van der Waals surface area (Å²) in [5.74, 6) is 0.563. The summed E-state index contributed by atoms with van der Waals surface area (Å²) in [5, 5.41) is 3.41. The van der Waals surface area contributed by atoms with E-state index in [2.05, 4.69) is 53.8 Å². The zero-order valence-corrected chi connectivity index (χ0v) is 14.9. The van der Waals surface area contributed by atoms with Crippen molar-refractivity contribution in [1.82, 2.24) is 10.2 Å². The molecule has 4 rings (SSSR count). The standard InChI is InChI=1S/C22H26N2O/c1-24(21(25)20-15-22(20)11-13-23-14-12-22)16-18-9-5-6-10-19(18)17-7-3-2-4-8-17/h2-10,20,23H,11-16H2,1H3. The lowest BCUT2D eigenvalue weighted by molar-refractivity contribution is -0.132. The van der Waals surface area contributed by atoms with Crippen molar-refractivity contribution in [3.63, 3.8) is 0 Å². The van der Waals surface area contributed by atoms with E-state index in [4.69, 9.17) is 0 Å². The Morgan fingerprint density at radius 1 is 1.08 bits per heavy atom. The molecule has 3 heteroatoms. The molecule has 1 saturated carbocycles. The second kappa shape index (κ2) is 6.64. The molecule has 1 spiro atoms. The minimum Gasteiger partial charge on any atom is -0.341 e. The van der Waals surface area contributed by atoms with Crippen molar-refractivity contribution >= 4 is 5.91 Å². The van der Waals surface area contributed by atoms with Crippen LogP contribution in [0.1, 0.15) is 24.8 Å². The van der Waals surface area contributed by atoms with Gasteiger partial charge in [-0.15, -0.1) is 0 Å². The quantitative estimate of drug-likeness (QED) is 0.924. The predicted molar refractivity (Wildman–Crippen MR) is 101 cm³/mol. The Hall–Kier alpha value is -2.13. The second-order valence-electron chi connectivity index (χ2n) is 7.59. The largest absolute Gasteiger partial charge is 0.341 e. The van der Waals surface area contributed by atoms with Gasteiger partial charge in [0.15, 0.2) is 0 Å². The molecule has 1 unspecified atom stereocenters. The minimum atomic E-state index is 0.239. The normalized spacial score (nSPS) is 21.1. The number of nitrogens with zero attached hydrogens (tertiary/aromatic N) is 1. The van der Waals surface area contributed by atoms with Gasteiger partial charge >= 0.3 is 0 Å². The molecule has 3 nitrogen and oxygen atoms in total. The minimum absolute atomic E-state index is 0.239. The molecule has 2 fully saturated rings. The molecule has 1 aliphatic carbocycles. The molecule has 0 aromatic heterocycles. The summed E-state index contributed by atoms with van der Waals surface area (Å²) in [6.45, 7) is 2.80. The number of hydrogen-bond donors (Lipinski definition) is 1. The highest BCUT2D eigenvalue weighted by molar-refractivity contribution is 5.83. The molecule has 1 heterocycles. The first-order valence-corrected chi connectivity index (χ1v) is 9.29. The van der Waals surface area contributed by atoms with Gasteiger partial charge in [-0.1, -0.05) is 54.6 Å². The number of rotatable bonds is 4. The van der Waals surface area contributed by atoms with Gasteiger partial charge in [-0.2, -0.15) is 0 Å². The van der Waals surface area contributed by atoms with Gasteiger partial charge in [-0.3, -0.25) is 4.79 Å². The molecule has 0 bridgehead atoms. The van der Waals surface area contributed by atoms with E-state index >= 15 is 0 Å². The summed E-state index contributed by atoms with van der Waals surface area (Å²) in [6.07, 6.45) is 3.38. The van der Waals surface area contributed by atoms with Gasteiger partial charge in [-0.25, -0.2) is 0 Å². The van der Waals surface area contributed by atoms with Gasteiger partial charge in [0.25, 0.3) is 0 Å². The van der Waals surface area contributed by atoms with E-state index in [1.807, 2.05) is 18.0 Å². The summed E-state index contributed by atoms with van der Waals surface area (Å²) < 4.78 is 0. The Kier molecular flexibility index (Phi) is 4.34. The van der Waals surface area contributed by atoms with Crippen molar-refractivity contribution < 1.29 is 4.79 Å². The lowest BCUT2D eigenvalue weighted by Crippen LogP contribution is -2.34. The van der Waals surface area contributed by atoms with Crippen molar-refractivity contribution in [1.29, 1.82) is 0 Å². The van der Waals surface area contributed by atoms with Gasteiger partial charge in [0, 0.05) is 19.5 Å². The van der Waals surface area contributed by atoms with E-state index in [1.165, 1.54) is 16.7 Å². The van der Waals surface area contributed by atoms with Crippen LogP contribution < -0.4 is 5.32 Å². The molecule has 2 aliphatic rings. The maximum atomic E-state index is 12.9. The van der Waals surface area contributed by atoms with Crippen LogP contribution in [0.25, 0.3) is 11.1 Å². The number of amides is 1. The van der Waals surface area contributed by atoms with Gasteiger partial charge in [0.1, 0.15) is 0 Å². The fourth-order valence-electron chi connectivity index (χ4n) is 4.33. The van der Waals surface area contributed by atoms with Crippen LogP contribution in [-0.2, 0) is 11.3 Å². The van der Waals surface area contributed by atoms with Crippen molar-refractivity contribution in [2.24, 2.45) is 11.3 Å². The van der Waals surface area contributed by atoms with Crippen LogP contribution in [0.15, 0.2) is 54.6 Å². The second-order valence-corrected chi connectivity index (χ2v) is 7.59. The van der Waals surface area contributed by atoms with Crippen LogP contribution in [0.5, 0.6) is 0 Å². The highest BCUT2D eigenvalue weighted by Gasteiger charge is 2.58. The van der Waals surface area contributed by atoms with Crippen molar-refractivity contribution in [3.8, 4) is 11.1 Å². The molecule has 2 aromatic carbocycles. The maximum absolute atomic E-state index is 12.9. The fourth-order valence-corrected chi connectivity index (χ4v) is 4.33. The third kappa shape index (κ3) is 3.21. The Balaban J connectivity index is 1.48. The van der Waals surface area contributed by atoms with Crippen LogP contribution in [0, 0.1) is 11.3 Å². The fraction of sp³-hybridized carbons (Fsp3) is 0.409. The van der Waals surface area contributed by atoms with E-state index in [0.29, 0.717) is 17.9 Å². The van der Waals surface area contributed by atoms with E-state index < -0.39 is 0 Å².